The van der Waals surface area contributed by atoms with E-state index in [-0.39, 0.29) is 5.91 Å². The third kappa shape index (κ3) is 4.99. The molecule has 0 heterocycles. The summed E-state index contributed by atoms with van der Waals surface area (Å²) in [6.45, 7) is 6.45. The number of nitrogens with one attached hydrogen (secondary N) is 1. The van der Waals surface area contributed by atoms with Crippen LogP contribution in [0.2, 0.25) is 0 Å². The number of hydrogen-bond acceptors (Lipinski definition) is 4. The fraction of sp³-hybridized carbons (Fsp3) is 0.467. The lowest BCUT2D eigenvalue weighted by atomic mass is 10.1. The second-order valence-electron chi connectivity index (χ2n) is 4.85. The van der Waals surface area contributed by atoms with E-state index in [0.29, 0.717) is 23.9 Å². The molecule has 0 radical (unpaired) electrons. The number of amides is 1. The van der Waals surface area contributed by atoms with Gasteiger partial charge in [0.15, 0.2) is 6.10 Å². The molecule has 1 aromatic carbocycles. The molecule has 3 N–H and O–H groups in total. The number of ether oxygens (including phenoxy) is 2. The van der Waals surface area contributed by atoms with Gasteiger partial charge in [-0.15, -0.1) is 0 Å². The van der Waals surface area contributed by atoms with Gasteiger partial charge >= 0.3 is 0 Å². The summed E-state index contributed by atoms with van der Waals surface area (Å²) >= 11 is 4.97. The number of carbonyl (C=O) groups is 1. The predicted molar refractivity (Wildman–Crippen MR) is 86.8 cm³/mol. The SMILES string of the molecule is COCCNC(=O)C(C)Oc1c(C)cc(C(N)=S)cc1C. The highest BCUT2D eigenvalue weighted by Crippen LogP contribution is 2.26. The van der Waals surface area contributed by atoms with Gasteiger partial charge in [-0.3, -0.25) is 4.79 Å². The van der Waals surface area contributed by atoms with Gasteiger partial charge in [0.25, 0.3) is 5.91 Å². The molecule has 6 heteroatoms. The summed E-state index contributed by atoms with van der Waals surface area (Å²) in [6.07, 6.45) is -0.588. The standard InChI is InChI=1S/C15H22N2O3S/c1-9-7-12(14(16)21)8-10(2)13(9)20-11(3)15(18)17-5-6-19-4/h7-8,11H,5-6H2,1-4H3,(H2,16,21)(H,17,18). The highest BCUT2D eigenvalue weighted by Gasteiger charge is 2.17. The molecule has 1 atom stereocenters. The number of benzene rings is 1. The van der Waals surface area contributed by atoms with Crippen molar-refractivity contribution < 1.29 is 14.3 Å². The van der Waals surface area contributed by atoms with Gasteiger partial charge in [0.2, 0.25) is 0 Å². The topological polar surface area (TPSA) is 73.6 Å². The largest absolute Gasteiger partial charge is 0.480 e. The maximum Gasteiger partial charge on any atom is 0.260 e. The van der Waals surface area contributed by atoms with Crippen molar-refractivity contribution in [1.82, 2.24) is 5.32 Å². The van der Waals surface area contributed by atoms with Gasteiger partial charge in [0.1, 0.15) is 10.7 Å². The highest BCUT2D eigenvalue weighted by molar-refractivity contribution is 7.80. The maximum atomic E-state index is 11.9. The lowest BCUT2D eigenvalue weighted by molar-refractivity contribution is -0.127. The average Bonchev–Trinajstić information content (AvgIpc) is 2.42. The third-order valence-electron chi connectivity index (χ3n) is 3.01. The van der Waals surface area contributed by atoms with Crippen LogP contribution in [0.25, 0.3) is 0 Å². The van der Waals surface area contributed by atoms with Crippen molar-refractivity contribution >= 4 is 23.1 Å². The molecule has 1 aromatic rings. The zero-order valence-corrected chi connectivity index (χ0v) is 13.7. The van der Waals surface area contributed by atoms with E-state index in [0.717, 1.165) is 16.7 Å². The van der Waals surface area contributed by atoms with Crippen molar-refractivity contribution in [3.63, 3.8) is 0 Å². The van der Waals surface area contributed by atoms with Crippen LogP contribution in [0.1, 0.15) is 23.6 Å². The van der Waals surface area contributed by atoms with Gasteiger partial charge in [-0.25, -0.2) is 0 Å². The quantitative estimate of drug-likeness (QED) is 0.589. The van der Waals surface area contributed by atoms with Crippen molar-refractivity contribution in [2.75, 3.05) is 20.3 Å². The van der Waals surface area contributed by atoms with Crippen LogP contribution < -0.4 is 15.8 Å². The van der Waals surface area contributed by atoms with Crippen molar-refractivity contribution in [1.29, 1.82) is 0 Å². The number of aryl methyl sites for hydroxylation is 2. The van der Waals surface area contributed by atoms with E-state index in [1.807, 2.05) is 26.0 Å². The second-order valence-corrected chi connectivity index (χ2v) is 5.29. The predicted octanol–water partition coefficient (Wildman–Crippen LogP) is 1.47. The first-order valence-corrected chi connectivity index (χ1v) is 7.12. The number of nitrogens with two attached hydrogens (primary N) is 1. The molecule has 0 bridgehead atoms. The minimum Gasteiger partial charge on any atom is -0.480 e. The van der Waals surface area contributed by atoms with Crippen LogP contribution >= 0.6 is 12.2 Å². The van der Waals surface area contributed by atoms with Gasteiger partial charge in [-0.05, 0) is 44.0 Å². The minimum atomic E-state index is -0.588. The summed E-state index contributed by atoms with van der Waals surface area (Å²) in [5.74, 6) is 0.508. The Morgan fingerprint density at radius 1 is 1.38 bits per heavy atom. The summed E-state index contributed by atoms with van der Waals surface area (Å²) in [7, 11) is 1.59. The zero-order valence-electron chi connectivity index (χ0n) is 12.9. The summed E-state index contributed by atoms with van der Waals surface area (Å²) in [4.78, 5) is 12.2. The first-order chi connectivity index (χ1) is 9.86. The third-order valence-corrected chi connectivity index (χ3v) is 3.25. The molecular formula is C15H22N2O3S. The maximum absolute atomic E-state index is 11.9. The first kappa shape index (κ1) is 17.4. The molecule has 1 amide bonds. The highest BCUT2D eigenvalue weighted by atomic mass is 32.1. The number of hydrogen-bond donors (Lipinski definition) is 2. The summed E-state index contributed by atoms with van der Waals surface area (Å²) in [5, 5.41) is 2.74. The molecule has 21 heavy (non-hydrogen) atoms. The monoisotopic (exact) mass is 310 g/mol. The Kier molecular flexibility index (Phi) is 6.58. The number of methoxy groups -OCH3 is 1. The summed E-state index contributed by atoms with van der Waals surface area (Å²) in [5.41, 5.74) is 8.22. The molecule has 0 saturated heterocycles. The Balaban J connectivity index is 2.78. The van der Waals surface area contributed by atoms with E-state index in [1.54, 1.807) is 14.0 Å². The van der Waals surface area contributed by atoms with Crippen molar-refractivity contribution in [2.45, 2.75) is 26.9 Å². The average molecular weight is 310 g/mol. The number of carbonyl (C=O) groups excluding carboxylic acids is 1. The lowest BCUT2D eigenvalue weighted by Gasteiger charge is -2.18. The summed E-state index contributed by atoms with van der Waals surface area (Å²) in [6, 6.07) is 3.72. The minimum absolute atomic E-state index is 0.177. The molecule has 0 aliphatic rings. The normalized spacial score (nSPS) is 11.8. The number of rotatable bonds is 7. The van der Waals surface area contributed by atoms with E-state index in [9.17, 15) is 4.79 Å². The lowest BCUT2D eigenvalue weighted by Crippen LogP contribution is -2.38. The van der Waals surface area contributed by atoms with E-state index in [4.69, 9.17) is 27.4 Å². The molecule has 1 rings (SSSR count). The van der Waals surface area contributed by atoms with Crippen molar-refractivity contribution in [3.05, 3.63) is 28.8 Å². The van der Waals surface area contributed by atoms with Gasteiger partial charge in [0, 0.05) is 19.2 Å². The van der Waals surface area contributed by atoms with Gasteiger partial charge in [-0.2, -0.15) is 0 Å². The van der Waals surface area contributed by atoms with E-state index in [1.165, 1.54) is 0 Å². The van der Waals surface area contributed by atoms with Crippen LogP contribution in [0.3, 0.4) is 0 Å². The van der Waals surface area contributed by atoms with Crippen LogP contribution in [0.4, 0.5) is 0 Å². The fourth-order valence-corrected chi connectivity index (χ4v) is 2.05. The fourth-order valence-electron chi connectivity index (χ4n) is 1.93. The Morgan fingerprint density at radius 2 is 1.95 bits per heavy atom. The van der Waals surface area contributed by atoms with E-state index < -0.39 is 6.10 Å². The van der Waals surface area contributed by atoms with E-state index in [2.05, 4.69) is 5.32 Å². The molecule has 0 aliphatic carbocycles. The molecule has 116 valence electrons. The van der Waals surface area contributed by atoms with Crippen molar-refractivity contribution in [2.24, 2.45) is 5.73 Å². The Morgan fingerprint density at radius 3 is 2.43 bits per heavy atom. The van der Waals surface area contributed by atoms with Gasteiger partial charge in [-0.1, -0.05) is 12.2 Å². The Labute approximate surface area is 130 Å². The molecule has 0 spiro atoms. The smallest absolute Gasteiger partial charge is 0.260 e. The van der Waals surface area contributed by atoms with Gasteiger partial charge < -0.3 is 20.5 Å². The molecule has 5 nitrogen and oxygen atoms in total. The molecular weight excluding hydrogens is 288 g/mol. The Hall–Kier alpha value is -1.66. The van der Waals surface area contributed by atoms with Crippen LogP contribution in [0.15, 0.2) is 12.1 Å². The molecule has 1 unspecified atom stereocenters. The summed E-state index contributed by atoms with van der Waals surface area (Å²) < 4.78 is 10.7. The van der Waals surface area contributed by atoms with Gasteiger partial charge in [0.05, 0.1) is 6.61 Å². The molecule has 0 saturated carbocycles. The molecule has 0 aromatic heterocycles. The van der Waals surface area contributed by atoms with Crippen LogP contribution in [-0.2, 0) is 9.53 Å². The van der Waals surface area contributed by atoms with Crippen molar-refractivity contribution in [3.8, 4) is 5.75 Å². The van der Waals surface area contributed by atoms with Crippen LogP contribution in [-0.4, -0.2) is 37.3 Å². The van der Waals surface area contributed by atoms with Crippen LogP contribution in [0.5, 0.6) is 5.75 Å². The zero-order chi connectivity index (χ0) is 16.0. The van der Waals surface area contributed by atoms with Crippen LogP contribution in [0, 0.1) is 13.8 Å². The number of thiocarbonyl (C=S) groups is 1. The van der Waals surface area contributed by atoms with E-state index >= 15 is 0 Å². The molecule has 0 aliphatic heterocycles. The first-order valence-electron chi connectivity index (χ1n) is 6.71. The Bertz CT molecular complexity index is 509. The second kappa shape index (κ2) is 7.95. The molecule has 0 fully saturated rings.